The predicted molar refractivity (Wildman–Crippen MR) is 99.0 cm³/mol. The Kier molecular flexibility index (Phi) is 5.74. The van der Waals surface area contributed by atoms with Gasteiger partial charge in [0.1, 0.15) is 0 Å². The number of nitrogens with zero attached hydrogens (tertiary/aromatic N) is 1. The molecule has 2 fully saturated rings. The summed E-state index contributed by atoms with van der Waals surface area (Å²) in [6, 6.07) is 8.18. The van der Waals surface area contributed by atoms with Gasteiger partial charge in [-0.15, -0.1) is 0 Å². The summed E-state index contributed by atoms with van der Waals surface area (Å²) in [5.74, 6) is -0.266. The molecule has 1 heterocycles. The van der Waals surface area contributed by atoms with Crippen LogP contribution in [0.4, 0.5) is 5.69 Å². The van der Waals surface area contributed by atoms with Gasteiger partial charge in [-0.1, -0.05) is 17.7 Å². The quantitative estimate of drug-likeness (QED) is 0.808. The van der Waals surface area contributed by atoms with E-state index in [1.807, 2.05) is 12.1 Å². The molecular weight excluding hydrogens is 314 g/mol. The number of rotatable bonds is 5. The fraction of sp³-hybridized carbons (Fsp3) is 0.500. The van der Waals surface area contributed by atoms with Gasteiger partial charge < -0.3 is 16.0 Å². The maximum absolute atomic E-state index is 11.9. The SMILES string of the molecule is NC(=O)C1CCCN(c2ccc(CNC(=O)C=C3CCCC3)cc2)C1. The van der Waals surface area contributed by atoms with Crippen molar-refractivity contribution in [2.75, 3.05) is 18.0 Å². The van der Waals surface area contributed by atoms with E-state index in [1.54, 1.807) is 6.08 Å². The molecule has 2 aliphatic rings. The van der Waals surface area contributed by atoms with Crippen molar-refractivity contribution in [3.8, 4) is 0 Å². The number of piperidine rings is 1. The lowest BCUT2D eigenvalue weighted by molar-refractivity contribution is -0.122. The molecule has 5 heteroatoms. The van der Waals surface area contributed by atoms with E-state index in [0.29, 0.717) is 13.1 Å². The average Bonchev–Trinajstić information content (AvgIpc) is 3.13. The standard InChI is InChI=1S/C20H27N3O2/c21-20(25)17-6-3-11-23(14-17)18-9-7-16(8-10-18)13-22-19(24)12-15-4-1-2-5-15/h7-10,12,17H,1-6,11,13-14H2,(H2,21,25)(H,22,24). The molecule has 1 atom stereocenters. The zero-order valence-electron chi connectivity index (χ0n) is 14.7. The Bertz CT molecular complexity index is 643. The third-order valence-corrected chi connectivity index (χ3v) is 5.17. The molecule has 0 radical (unpaired) electrons. The molecule has 1 saturated carbocycles. The van der Waals surface area contributed by atoms with Crippen molar-refractivity contribution in [2.24, 2.45) is 11.7 Å². The first-order valence-corrected chi connectivity index (χ1v) is 9.22. The number of carbonyl (C=O) groups is 2. The third-order valence-electron chi connectivity index (χ3n) is 5.17. The van der Waals surface area contributed by atoms with Gasteiger partial charge in [0.15, 0.2) is 0 Å². The van der Waals surface area contributed by atoms with E-state index < -0.39 is 0 Å². The first-order chi connectivity index (χ1) is 12.1. The number of hydrogen-bond acceptors (Lipinski definition) is 3. The number of nitrogens with one attached hydrogen (secondary N) is 1. The molecule has 0 bridgehead atoms. The lowest BCUT2D eigenvalue weighted by Gasteiger charge is -2.33. The van der Waals surface area contributed by atoms with Crippen LogP contribution in [0.1, 0.15) is 44.1 Å². The van der Waals surface area contributed by atoms with Crippen LogP contribution in [0.5, 0.6) is 0 Å². The van der Waals surface area contributed by atoms with Crippen LogP contribution in [-0.2, 0) is 16.1 Å². The van der Waals surface area contributed by atoms with Crippen molar-refractivity contribution in [3.63, 3.8) is 0 Å². The lowest BCUT2D eigenvalue weighted by atomic mass is 9.97. The summed E-state index contributed by atoms with van der Waals surface area (Å²) in [5, 5.41) is 2.96. The molecule has 0 aromatic heterocycles. The Balaban J connectivity index is 1.52. The molecule has 25 heavy (non-hydrogen) atoms. The first-order valence-electron chi connectivity index (χ1n) is 9.22. The zero-order valence-corrected chi connectivity index (χ0v) is 14.7. The molecule has 1 saturated heterocycles. The van der Waals surface area contributed by atoms with E-state index in [1.165, 1.54) is 18.4 Å². The van der Waals surface area contributed by atoms with Gasteiger partial charge in [0.25, 0.3) is 0 Å². The van der Waals surface area contributed by atoms with Gasteiger partial charge in [-0.05, 0) is 56.2 Å². The monoisotopic (exact) mass is 341 g/mol. The van der Waals surface area contributed by atoms with Crippen LogP contribution < -0.4 is 16.0 Å². The number of anilines is 1. The van der Waals surface area contributed by atoms with E-state index in [9.17, 15) is 9.59 Å². The number of benzene rings is 1. The molecule has 1 aromatic rings. The Labute approximate surface area is 149 Å². The largest absolute Gasteiger partial charge is 0.371 e. The molecule has 134 valence electrons. The summed E-state index contributed by atoms with van der Waals surface area (Å²) in [6.07, 6.45) is 8.15. The maximum atomic E-state index is 11.9. The molecule has 5 nitrogen and oxygen atoms in total. The van der Waals surface area contributed by atoms with Crippen LogP contribution in [0.15, 0.2) is 35.9 Å². The van der Waals surface area contributed by atoms with E-state index >= 15 is 0 Å². The van der Waals surface area contributed by atoms with E-state index in [4.69, 9.17) is 5.73 Å². The van der Waals surface area contributed by atoms with Crippen LogP contribution >= 0.6 is 0 Å². The maximum Gasteiger partial charge on any atom is 0.244 e. The van der Waals surface area contributed by atoms with Crippen molar-refractivity contribution in [1.82, 2.24) is 5.32 Å². The van der Waals surface area contributed by atoms with Crippen LogP contribution in [0.2, 0.25) is 0 Å². The highest BCUT2D eigenvalue weighted by Gasteiger charge is 2.24. The number of nitrogens with two attached hydrogens (primary N) is 1. The van der Waals surface area contributed by atoms with Crippen molar-refractivity contribution in [2.45, 2.75) is 45.1 Å². The second-order valence-corrected chi connectivity index (χ2v) is 7.08. The van der Waals surface area contributed by atoms with Gasteiger partial charge in [-0.2, -0.15) is 0 Å². The first kappa shape index (κ1) is 17.5. The summed E-state index contributed by atoms with van der Waals surface area (Å²) in [7, 11) is 0. The summed E-state index contributed by atoms with van der Waals surface area (Å²) < 4.78 is 0. The smallest absolute Gasteiger partial charge is 0.244 e. The second kappa shape index (κ2) is 8.19. The molecule has 1 aliphatic heterocycles. The van der Waals surface area contributed by atoms with Gasteiger partial charge in [0.2, 0.25) is 11.8 Å². The summed E-state index contributed by atoms with van der Waals surface area (Å²) in [4.78, 5) is 25.6. The Hall–Kier alpha value is -2.30. The van der Waals surface area contributed by atoms with Gasteiger partial charge in [0.05, 0.1) is 5.92 Å². The topological polar surface area (TPSA) is 75.4 Å². The van der Waals surface area contributed by atoms with Gasteiger partial charge in [-0.25, -0.2) is 0 Å². The highest BCUT2D eigenvalue weighted by molar-refractivity contribution is 5.88. The Morgan fingerprint density at radius 1 is 1.16 bits per heavy atom. The third kappa shape index (κ3) is 4.84. The van der Waals surface area contributed by atoms with Crippen molar-refractivity contribution in [1.29, 1.82) is 0 Å². The summed E-state index contributed by atoms with van der Waals surface area (Å²) >= 11 is 0. The summed E-state index contributed by atoms with van der Waals surface area (Å²) in [5.41, 5.74) is 8.89. The summed E-state index contributed by atoms with van der Waals surface area (Å²) in [6.45, 7) is 2.18. The van der Waals surface area contributed by atoms with E-state index in [-0.39, 0.29) is 17.7 Å². The Morgan fingerprint density at radius 2 is 1.88 bits per heavy atom. The fourth-order valence-electron chi connectivity index (χ4n) is 3.67. The number of primary amides is 1. The van der Waals surface area contributed by atoms with Crippen molar-refractivity contribution < 1.29 is 9.59 Å². The molecule has 1 unspecified atom stereocenters. The zero-order chi connectivity index (χ0) is 17.6. The number of allylic oxidation sites excluding steroid dienone is 1. The van der Waals surface area contributed by atoms with Crippen molar-refractivity contribution >= 4 is 17.5 Å². The molecule has 3 rings (SSSR count). The second-order valence-electron chi connectivity index (χ2n) is 7.08. The molecule has 2 amide bonds. The molecule has 3 N–H and O–H groups in total. The predicted octanol–water partition coefficient (Wildman–Crippen LogP) is 2.50. The minimum absolute atomic E-state index is 0.00121. The van der Waals surface area contributed by atoms with Gasteiger partial charge >= 0.3 is 0 Å². The average molecular weight is 341 g/mol. The normalized spacial score (nSPS) is 20.4. The minimum Gasteiger partial charge on any atom is -0.371 e. The number of carbonyl (C=O) groups excluding carboxylic acids is 2. The van der Waals surface area contributed by atoms with Crippen molar-refractivity contribution in [3.05, 3.63) is 41.5 Å². The van der Waals surface area contributed by atoms with Crippen LogP contribution in [0.25, 0.3) is 0 Å². The van der Waals surface area contributed by atoms with Gasteiger partial charge in [-0.3, -0.25) is 9.59 Å². The highest BCUT2D eigenvalue weighted by Crippen LogP contribution is 2.24. The Morgan fingerprint density at radius 3 is 2.56 bits per heavy atom. The molecule has 1 aliphatic carbocycles. The van der Waals surface area contributed by atoms with E-state index in [0.717, 1.165) is 43.5 Å². The van der Waals surface area contributed by atoms with Gasteiger partial charge in [0, 0.05) is 31.4 Å². The molecular formula is C20H27N3O2. The number of hydrogen-bond donors (Lipinski definition) is 2. The van der Waals surface area contributed by atoms with Crippen LogP contribution in [0, 0.1) is 5.92 Å². The highest BCUT2D eigenvalue weighted by atomic mass is 16.1. The van der Waals surface area contributed by atoms with Crippen LogP contribution in [0.3, 0.4) is 0 Å². The molecule has 0 spiro atoms. The number of amides is 2. The molecule has 1 aromatic carbocycles. The van der Waals surface area contributed by atoms with E-state index in [2.05, 4.69) is 22.3 Å². The fourth-order valence-corrected chi connectivity index (χ4v) is 3.67. The van der Waals surface area contributed by atoms with Crippen LogP contribution in [-0.4, -0.2) is 24.9 Å². The lowest BCUT2D eigenvalue weighted by Crippen LogP contribution is -2.41. The minimum atomic E-state index is -0.208.